The number of carbonyl (C=O) groups excluding carboxylic acids is 2. The van der Waals surface area contributed by atoms with Gasteiger partial charge in [0.25, 0.3) is 0 Å². The van der Waals surface area contributed by atoms with Crippen molar-refractivity contribution in [3.63, 3.8) is 0 Å². The van der Waals surface area contributed by atoms with Gasteiger partial charge in [-0.25, -0.2) is 9.59 Å². The van der Waals surface area contributed by atoms with E-state index in [9.17, 15) is 9.59 Å². The zero-order valence-corrected chi connectivity index (χ0v) is 10.7. The minimum Gasteiger partial charge on any atom is -0.508 e. The summed E-state index contributed by atoms with van der Waals surface area (Å²) in [6.07, 6.45) is -0.910. The molecule has 4 N–H and O–H groups in total. The maximum absolute atomic E-state index is 10.4. The van der Waals surface area contributed by atoms with Crippen molar-refractivity contribution < 1.29 is 34.5 Å². The summed E-state index contributed by atoms with van der Waals surface area (Å²) < 4.78 is 4.33. The molecule has 0 spiro atoms. The van der Waals surface area contributed by atoms with Crippen LogP contribution in [0.15, 0.2) is 36.6 Å². The lowest BCUT2D eigenvalue weighted by molar-refractivity contribution is -0.148. The van der Waals surface area contributed by atoms with Gasteiger partial charge in [0.1, 0.15) is 11.5 Å². The normalized spacial score (nSPS) is 8.65. The Balaban J connectivity index is 0.000000388. The van der Waals surface area contributed by atoms with Crippen LogP contribution in [0.4, 0.5) is 4.79 Å². The first kappa shape index (κ1) is 17.1. The molecule has 1 rings (SSSR count). The summed E-state index contributed by atoms with van der Waals surface area (Å²) in [6.45, 7) is 4.61. The van der Waals surface area contributed by atoms with Gasteiger partial charge < -0.3 is 24.9 Å². The van der Waals surface area contributed by atoms with E-state index in [1.807, 2.05) is 0 Å². The molecule has 1 aromatic carbocycles. The number of hydrogen-bond donors (Lipinski definition) is 4. The third kappa shape index (κ3) is 8.23. The molecule has 0 atom stereocenters. The van der Waals surface area contributed by atoms with Crippen molar-refractivity contribution in [3.8, 4) is 11.5 Å². The van der Waals surface area contributed by atoms with Gasteiger partial charge in [0.2, 0.25) is 0 Å². The van der Waals surface area contributed by atoms with E-state index in [1.54, 1.807) is 12.4 Å². The highest BCUT2D eigenvalue weighted by atomic mass is 16.7. The van der Waals surface area contributed by atoms with Gasteiger partial charge in [0.05, 0.1) is 6.61 Å². The quantitative estimate of drug-likeness (QED) is 0.280. The van der Waals surface area contributed by atoms with Crippen molar-refractivity contribution in [2.75, 3.05) is 6.61 Å². The average Bonchev–Trinajstić information content (AvgIpc) is 2.40. The number of hydrogen-bond acceptors (Lipinski definition) is 7. The number of rotatable bonds is 2. The van der Waals surface area contributed by atoms with E-state index < -0.39 is 17.8 Å². The molecule has 0 bridgehead atoms. The van der Waals surface area contributed by atoms with Crippen LogP contribution >= 0.6 is 0 Å². The van der Waals surface area contributed by atoms with Crippen LogP contribution in [0, 0.1) is 0 Å². The van der Waals surface area contributed by atoms with Crippen LogP contribution < -0.4 is 5.48 Å². The molecule has 0 radical (unpaired) electrons. The number of phenols is 2. The number of phenolic OH excluding ortho intramolecular Hbond substituents is 2. The van der Waals surface area contributed by atoms with Gasteiger partial charge in [-0.1, -0.05) is 0 Å². The van der Waals surface area contributed by atoms with E-state index in [4.69, 9.17) is 15.3 Å². The lowest BCUT2D eigenvalue weighted by atomic mass is 10.3. The first-order valence-electron chi connectivity index (χ1n) is 5.36. The van der Waals surface area contributed by atoms with Gasteiger partial charge in [-0.15, -0.1) is 5.48 Å². The molecule has 1 aromatic rings. The Hall–Kier alpha value is -2.90. The second kappa shape index (κ2) is 9.09. The Bertz CT molecular complexity index is 434. The summed E-state index contributed by atoms with van der Waals surface area (Å²) in [7, 11) is 0. The van der Waals surface area contributed by atoms with Crippen molar-refractivity contribution >= 4 is 12.1 Å². The van der Waals surface area contributed by atoms with Gasteiger partial charge in [0, 0.05) is 0 Å². The van der Waals surface area contributed by atoms with Crippen LogP contribution in [-0.2, 0) is 14.4 Å². The molecule has 1 amide bonds. The molecule has 0 aliphatic heterocycles. The molecule has 0 aliphatic carbocycles. The molecular formula is C12H15NO7. The fourth-order valence-electron chi connectivity index (χ4n) is 0.760. The van der Waals surface area contributed by atoms with Crippen LogP contribution in [0.3, 0.4) is 0 Å². The first-order valence-corrected chi connectivity index (χ1v) is 5.36. The Kier molecular flexibility index (Phi) is 7.77. The van der Waals surface area contributed by atoms with E-state index in [0.717, 1.165) is 0 Å². The minimum atomic E-state index is -1.14. The number of amides is 1. The summed E-state index contributed by atoms with van der Waals surface area (Å²) >= 11 is 0. The zero-order chi connectivity index (χ0) is 15.5. The topological polar surface area (TPSA) is 125 Å². The molecule has 20 heavy (non-hydrogen) atoms. The van der Waals surface area contributed by atoms with E-state index >= 15 is 0 Å². The molecular weight excluding hydrogens is 270 g/mol. The number of aliphatic hydroxyl groups is 1. The van der Waals surface area contributed by atoms with Crippen molar-refractivity contribution in [2.45, 2.75) is 6.92 Å². The number of ether oxygens (including phenoxy) is 1. The van der Waals surface area contributed by atoms with E-state index in [-0.39, 0.29) is 18.1 Å². The number of aromatic hydroxyl groups is 2. The van der Waals surface area contributed by atoms with Gasteiger partial charge in [0.15, 0.2) is 5.76 Å². The highest BCUT2D eigenvalue weighted by molar-refractivity contribution is 5.85. The molecule has 0 heterocycles. The van der Waals surface area contributed by atoms with Crippen molar-refractivity contribution in [1.29, 1.82) is 0 Å². The minimum absolute atomic E-state index is 0.156. The molecule has 0 aromatic heterocycles. The van der Waals surface area contributed by atoms with Crippen molar-refractivity contribution in [2.24, 2.45) is 0 Å². The van der Waals surface area contributed by atoms with Crippen LogP contribution in [0.2, 0.25) is 0 Å². The van der Waals surface area contributed by atoms with Gasteiger partial charge in [-0.05, 0) is 37.8 Å². The second-order valence-electron chi connectivity index (χ2n) is 3.18. The largest absolute Gasteiger partial charge is 0.508 e. The molecule has 0 fully saturated rings. The average molecular weight is 285 g/mol. The highest BCUT2D eigenvalue weighted by Gasteiger charge is 2.08. The standard InChI is InChI=1S/C6H9NO5.C6H6O2/c1-3-11-6(10)7-12-5(9)4(2)8;7-5-1-2-6(8)4-3-5/h8H,2-3H2,1H3,(H,7,10);1-4,7-8H. The summed E-state index contributed by atoms with van der Waals surface area (Å²) in [5, 5.41) is 25.7. The monoisotopic (exact) mass is 285 g/mol. The Labute approximate surface area is 114 Å². The predicted molar refractivity (Wildman–Crippen MR) is 67.8 cm³/mol. The summed E-state index contributed by atoms with van der Waals surface area (Å²) in [5.74, 6) is -1.60. The van der Waals surface area contributed by atoms with E-state index in [1.165, 1.54) is 24.3 Å². The molecule has 8 nitrogen and oxygen atoms in total. The van der Waals surface area contributed by atoms with Crippen molar-refractivity contribution in [3.05, 3.63) is 36.6 Å². The van der Waals surface area contributed by atoms with E-state index in [0.29, 0.717) is 0 Å². The van der Waals surface area contributed by atoms with Crippen LogP contribution in [0.25, 0.3) is 0 Å². The molecule has 0 unspecified atom stereocenters. The molecule has 0 saturated carbocycles. The van der Waals surface area contributed by atoms with E-state index in [2.05, 4.69) is 16.2 Å². The summed E-state index contributed by atoms with van der Waals surface area (Å²) in [4.78, 5) is 24.9. The van der Waals surface area contributed by atoms with Gasteiger partial charge in [-0.3, -0.25) is 0 Å². The highest BCUT2D eigenvalue weighted by Crippen LogP contribution is 2.13. The maximum Gasteiger partial charge on any atom is 0.440 e. The van der Waals surface area contributed by atoms with Gasteiger partial charge in [-0.2, -0.15) is 0 Å². The third-order valence-corrected chi connectivity index (χ3v) is 1.59. The number of aliphatic hydroxyl groups excluding tert-OH is 1. The SMILES string of the molecule is C=C(O)C(=O)ONC(=O)OCC.Oc1ccc(O)cc1. The summed E-state index contributed by atoms with van der Waals surface area (Å²) in [6, 6.07) is 5.70. The molecule has 8 heteroatoms. The van der Waals surface area contributed by atoms with Gasteiger partial charge >= 0.3 is 12.1 Å². The Morgan fingerprint density at radius 3 is 2.00 bits per heavy atom. The lowest BCUT2D eigenvalue weighted by Crippen LogP contribution is -2.28. The van der Waals surface area contributed by atoms with Crippen LogP contribution in [-0.4, -0.2) is 34.0 Å². The van der Waals surface area contributed by atoms with Crippen molar-refractivity contribution in [1.82, 2.24) is 5.48 Å². The third-order valence-electron chi connectivity index (χ3n) is 1.59. The smallest absolute Gasteiger partial charge is 0.440 e. The number of nitrogens with one attached hydrogen (secondary N) is 1. The Morgan fingerprint density at radius 1 is 1.20 bits per heavy atom. The summed E-state index contributed by atoms with van der Waals surface area (Å²) in [5.41, 5.74) is 1.63. The zero-order valence-electron chi connectivity index (χ0n) is 10.7. The molecule has 0 aliphatic rings. The van der Waals surface area contributed by atoms with Crippen LogP contribution in [0.5, 0.6) is 11.5 Å². The maximum atomic E-state index is 10.4. The fourth-order valence-corrected chi connectivity index (χ4v) is 0.760. The van der Waals surface area contributed by atoms with Crippen LogP contribution in [0.1, 0.15) is 6.92 Å². The second-order valence-corrected chi connectivity index (χ2v) is 3.18. The number of carbonyl (C=O) groups is 2. The lowest BCUT2D eigenvalue weighted by Gasteiger charge is -2.03. The first-order chi connectivity index (χ1) is 9.36. The molecule has 110 valence electrons. The molecule has 0 saturated heterocycles. The predicted octanol–water partition coefficient (Wildman–Crippen LogP) is 1.36. The Morgan fingerprint density at radius 2 is 1.65 bits per heavy atom. The fraction of sp³-hybridized carbons (Fsp3) is 0.167. The number of hydroxylamine groups is 1. The number of benzene rings is 1.